The van der Waals surface area contributed by atoms with E-state index in [1.807, 2.05) is 55.8 Å². The van der Waals surface area contributed by atoms with Crippen LogP contribution in [0.3, 0.4) is 0 Å². The van der Waals surface area contributed by atoms with Gasteiger partial charge in [0.25, 0.3) is 0 Å². The predicted octanol–water partition coefficient (Wildman–Crippen LogP) is 3.82. The van der Waals surface area contributed by atoms with Crippen molar-refractivity contribution >= 4 is 16.7 Å². The van der Waals surface area contributed by atoms with E-state index in [4.69, 9.17) is 9.94 Å². The summed E-state index contributed by atoms with van der Waals surface area (Å²) < 4.78 is 2.06. The number of hydrogen-bond acceptors (Lipinski definition) is 5. The first-order valence-corrected chi connectivity index (χ1v) is 9.02. The van der Waals surface area contributed by atoms with E-state index >= 15 is 0 Å². The Hall–Kier alpha value is -3.51. The summed E-state index contributed by atoms with van der Waals surface area (Å²) in [5.74, 6) is 0. The van der Waals surface area contributed by atoms with Gasteiger partial charge < -0.3 is 9.94 Å². The zero-order valence-electron chi connectivity index (χ0n) is 15.5. The molecule has 0 unspecified atom stereocenters. The van der Waals surface area contributed by atoms with Crippen molar-refractivity contribution in [2.75, 3.05) is 13.2 Å². The summed E-state index contributed by atoms with van der Waals surface area (Å²) in [5.41, 5.74) is 6.77. The Bertz CT molecular complexity index is 1120. The van der Waals surface area contributed by atoms with Crippen molar-refractivity contribution in [3.63, 3.8) is 0 Å². The molecule has 140 valence electrons. The minimum atomic E-state index is -0.0572. The average Bonchev–Trinajstić information content (AvgIpc) is 3.18. The van der Waals surface area contributed by atoms with Crippen LogP contribution >= 0.6 is 0 Å². The van der Waals surface area contributed by atoms with E-state index in [0.29, 0.717) is 0 Å². The number of nitrogens with zero attached hydrogens (tertiary/aromatic N) is 4. The van der Waals surface area contributed by atoms with Crippen LogP contribution in [-0.2, 0) is 4.84 Å². The van der Waals surface area contributed by atoms with Crippen molar-refractivity contribution in [1.82, 2.24) is 14.5 Å². The van der Waals surface area contributed by atoms with E-state index < -0.39 is 0 Å². The van der Waals surface area contributed by atoms with E-state index in [2.05, 4.69) is 37.9 Å². The molecule has 0 aliphatic heterocycles. The van der Waals surface area contributed by atoms with Gasteiger partial charge in [0, 0.05) is 29.2 Å². The maximum absolute atomic E-state index is 8.78. The lowest BCUT2D eigenvalue weighted by molar-refractivity contribution is 0.0986. The first kappa shape index (κ1) is 17.9. The van der Waals surface area contributed by atoms with Gasteiger partial charge in [-0.05, 0) is 42.8 Å². The summed E-state index contributed by atoms with van der Waals surface area (Å²) in [7, 11) is 0. The molecule has 2 aromatic heterocycles. The maximum Gasteiger partial charge on any atom is 0.140 e. The SMILES string of the molecule is CC(=NOCCO)c1ccc2c(c1)ncn2-c1cccc(-c2cccnc2)c1. The van der Waals surface area contributed by atoms with E-state index in [-0.39, 0.29) is 13.2 Å². The van der Waals surface area contributed by atoms with Crippen molar-refractivity contribution in [1.29, 1.82) is 0 Å². The highest BCUT2D eigenvalue weighted by atomic mass is 16.6. The molecule has 2 aromatic carbocycles. The fourth-order valence-corrected chi connectivity index (χ4v) is 3.05. The summed E-state index contributed by atoms with van der Waals surface area (Å²) in [6, 6.07) is 18.3. The largest absolute Gasteiger partial charge is 0.393 e. The second-order valence-electron chi connectivity index (χ2n) is 6.34. The monoisotopic (exact) mass is 372 g/mol. The molecule has 6 nitrogen and oxygen atoms in total. The van der Waals surface area contributed by atoms with Crippen LogP contribution < -0.4 is 0 Å². The molecule has 0 atom stereocenters. The van der Waals surface area contributed by atoms with E-state index in [0.717, 1.165) is 39.1 Å². The summed E-state index contributed by atoms with van der Waals surface area (Å²) in [4.78, 5) is 13.8. The third-order valence-electron chi connectivity index (χ3n) is 4.47. The summed E-state index contributed by atoms with van der Waals surface area (Å²) in [5, 5.41) is 12.8. The number of oxime groups is 1. The maximum atomic E-state index is 8.78. The smallest absolute Gasteiger partial charge is 0.140 e. The fourth-order valence-electron chi connectivity index (χ4n) is 3.05. The minimum Gasteiger partial charge on any atom is -0.393 e. The molecule has 4 rings (SSSR count). The third-order valence-corrected chi connectivity index (χ3v) is 4.47. The van der Waals surface area contributed by atoms with Gasteiger partial charge in [0.15, 0.2) is 0 Å². The Labute approximate surface area is 162 Å². The highest BCUT2D eigenvalue weighted by Gasteiger charge is 2.08. The molecular formula is C22H20N4O2. The van der Waals surface area contributed by atoms with E-state index in [1.54, 1.807) is 6.20 Å². The molecule has 1 N–H and O–H groups in total. The van der Waals surface area contributed by atoms with E-state index in [9.17, 15) is 0 Å². The fraction of sp³-hybridized carbons (Fsp3) is 0.136. The van der Waals surface area contributed by atoms with Gasteiger partial charge >= 0.3 is 0 Å². The van der Waals surface area contributed by atoms with Crippen molar-refractivity contribution in [3.8, 4) is 16.8 Å². The molecule has 0 spiro atoms. The Morgan fingerprint density at radius 3 is 2.82 bits per heavy atom. The van der Waals surface area contributed by atoms with Crippen molar-refractivity contribution in [2.45, 2.75) is 6.92 Å². The number of aromatic nitrogens is 3. The lowest BCUT2D eigenvalue weighted by Crippen LogP contribution is -2.00. The van der Waals surface area contributed by atoms with Crippen LogP contribution in [0.2, 0.25) is 0 Å². The van der Waals surface area contributed by atoms with E-state index in [1.165, 1.54) is 0 Å². The van der Waals surface area contributed by atoms with Crippen molar-refractivity contribution in [2.24, 2.45) is 5.16 Å². The zero-order chi connectivity index (χ0) is 19.3. The molecule has 0 saturated heterocycles. The average molecular weight is 372 g/mol. The lowest BCUT2D eigenvalue weighted by atomic mass is 10.1. The lowest BCUT2D eigenvalue weighted by Gasteiger charge is -2.08. The number of pyridine rings is 1. The second kappa shape index (κ2) is 8.02. The van der Waals surface area contributed by atoms with Gasteiger partial charge in [-0.3, -0.25) is 9.55 Å². The molecule has 0 amide bonds. The zero-order valence-corrected chi connectivity index (χ0v) is 15.5. The Balaban J connectivity index is 1.68. The molecule has 0 fully saturated rings. The summed E-state index contributed by atoms with van der Waals surface area (Å²) in [6.45, 7) is 1.99. The molecule has 0 aliphatic rings. The standard InChI is InChI=1S/C22H20N4O2/c1-16(25-28-11-10-27)17-7-8-22-21(13-17)24-15-26(22)20-6-2-4-18(12-20)19-5-3-9-23-14-19/h2-9,12-15,27H,10-11H2,1H3. The highest BCUT2D eigenvalue weighted by molar-refractivity contribution is 6.01. The van der Waals surface area contributed by atoms with Gasteiger partial charge in [-0.2, -0.15) is 0 Å². The molecule has 0 saturated carbocycles. The van der Waals surface area contributed by atoms with Gasteiger partial charge in [0.1, 0.15) is 12.9 Å². The van der Waals surface area contributed by atoms with Gasteiger partial charge in [-0.1, -0.05) is 29.4 Å². The normalized spacial score (nSPS) is 11.7. The van der Waals surface area contributed by atoms with Crippen LogP contribution in [0.25, 0.3) is 27.8 Å². The molecule has 28 heavy (non-hydrogen) atoms. The first-order valence-electron chi connectivity index (χ1n) is 9.02. The molecule has 0 aliphatic carbocycles. The first-order chi connectivity index (χ1) is 13.8. The van der Waals surface area contributed by atoms with Crippen molar-refractivity contribution in [3.05, 3.63) is 78.9 Å². The van der Waals surface area contributed by atoms with Crippen LogP contribution in [-0.4, -0.2) is 38.6 Å². The third kappa shape index (κ3) is 3.63. The Morgan fingerprint density at radius 1 is 1.11 bits per heavy atom. The van der Waals surface area contributed by atoms with Crippen LogP contribution in [0.5, 0.6) is 0 Å². The number of rotatable bonds is 6. The van der Waals surface area contributed by atoms with Gasteiger partial charge in [-0.25, -0.2) is 4.98 Å². The van der Waals surface area contributed by atoms with Gasteiger partial charge in [0.05, 0.1) is 23.4 Å². The van der Waals surface area contributed by atoms with Crippen LogP contribution in [0, 0.1) is 0 Å². The summed E-state index contributed by atoms with van der Waals surface area (Å²) >= 11 is 0. The van der Waals surface area contributed by atoms with Gasteiger partial charge in [0.2, 0.25) is 0 Å². The van der Waals surface area contributed by atoms with Gasteiger partial charge in [-0.15, -0.1) is 0 Å². The van der Waals surface area contributed by atoms with Crippen LogP contribution in [0.15, 0.2) is 78.5 Å². The quantitative estimate of drug-likeness (QED) is 0.317. The van der Waals surface area contributed by atoms with Crippen LogP contribution in [0.4, 0.5) is 0 Å². The van der Waals surface area contributed by atoms with Crippen LogP contribution in [0.1, 0.15) is 12.5 Å². The minimum absolute atomic E-state index is 0.0572. The number of fused-ring (bicyclic) bond motifs is 1. The number of aliphatic hydroxyl groups is 1. The predicted molar refractivity (Wildman–Crippen MR) is 110 cm³/mol. The molecule has 6 heteroatoms. The number of aliphatic hydroxyl groups excluding tert-OH is 1. The molecule has 0 radical (unpaired) electrons. The Morgan fingerprint density at radius 2 is 2.00 bits per heavy atom. The number of imidazole rings is 1. The topological polar surface area (TPSA) is 72.5 Å². The molecule has 0 bridgehead atoms. The summed E-state index contributed by atoms with van der Waals surface area (Å²) in [6.07, 6.45) is 5.46. The second-order valence-corrected chi connectivity index (χ2v) is 6.34. The Kier molecular flexibility index (Phi) is 5.12. The number of benzene rings is 2. The number of hydrogen-bond donors (Lipinski definition) is 1. The molecule has 4 aromatic rings. The molecule has 2 heterocycles. The van der Waals surface area contributed by atoms with Crippen molar-refractivity contribution < 1.29 is 9.94 Å². The molecular weight excluding hydrogens is 352 g/mol. The highest BCUT2D eigenvalue weighted by Crippen LogP contribution is 2.24.